The Labute approximate surface area is 77.4 Å². The van der Waals surface area contributed by atoms with Crippen LogP contribution in [0.4, 0.5) is 30.7 Å². The van der Waals surface area contributed by atoms with Crippen molar-refractivity contribution >= 4 is 5.97 Å². The number of ether oxygens (including phenoxy) is 1. The zero-order valence-corrected chi connectivity index (χ0v) is 6.56. The van der Waals surface area contributed by atoms with Gasteiger partial charge in [-0.3, -0.25) is 0 Å². The van der Waals surface area contributed by atoms with Gasteiger partial charge in [0.25, 0.3) is 12.5 Å². The molecular formula is C5H3F7O3. The Balaban J connectivity index is 4.77. The SMILES string of the molecule is O=C(O)C(F)OC(C(F)(F)F)C(F)(F)F. The monoisotopic (exact) mass is 244 g/mol. The first kappa shape index (κ1) is 13.9. The topological polar surface area (TPSA) is 46.5 Å². The molecule has 0 radical (unpaired) electrons. The van der Waals surface area contributed by atoms with Gasteiger partial charge in [0.05, 0.1) is 0 Å². The van der Waals surface area contributed by atoms with E-state index in [2.05, 4.69) is 4.74 Å². The number of alkyl halides is 7. The molecule has 0 saturated heterocycles. The van der Waals surface area contributed by atoms with Crippen LogP contribution in [0.1, 0.15) is 0 Å². The number of carbonyl (C=O) groups is 1. The highest BCUT2D eigenvalue weighted by atomic mass is 19.4. The molecule has 0 aliphatic heterocycles. The summed E-state index contributed by atoms with van der Waals surface area (Å²) < 4.78 is 84.6. The summed E-state index contributed by atoms with van der Waals surface area (Å²) in [6.07, 6.45) is -20.0. The summed E-state index contributed by atoms with van der Waals surface area (Å²) in [4.78, 5) is 9.65. The normalized spacial score (nSPS) is 15.5. The lowest BCUT2D eigenvalue weighted by atomic mass is 10.3. The average molecular weight is 244 g/mol. The fourth-order valence-corrected chi connectivity index (χ4v) is 0.518. The second-order valence-corrected chi connectivity index (χ2v) is 2.25. The van der Waals surface area contributed by atoms with Gasteiger partial charge >= 0.3 is 18.3 Å². The molecule has 1 N–H and O–H groups in total. The Morgan fingerprint density at radius 1 is 1.07 bits per heavy atom. The molecule has 0 rings (SSSR count). The fraction of sp³-hybridized carbons (Fsp3) is 0.800. The lowest BCUT2D eigenvalue weighted by Gasteiger charge is -2.23. The molecule has 3 nitrogen and oxygen atoms in total. The minimum Gasteiger partial charge on any atom is -0.477 e. The molecule has 1 atom stereocenters. The van der Waals surface area contributed by atoms with Crippen molar-refractivity contribution in [1.29, 1.82) is 0 Å². The maximum Gasteiger partial charge on any atom is 0.423 e. The van der Waals surface area contributed by atoms with Gasteiger partial charge in [0, 0.05) is 0 Å². The van der Waals surface area contributed by atoms with Gasteiger partial charge in [0.1, 0.15) is 0 Å². The smallest absolute Gasteiger partial charge is 0.423 e. The largest absolute Gasteiger partial charge is 0.477 e. The van der Waals surface area contributed by atoms with Crippen LogP contribution in [0.3, 0.4) is 0 Å². The standard InChI is InChI=1S/C5H3F7O3/c6-1(2(13)14)15-3(4(7,8)9)5(10,11)12/h1,3H,(H,13,14). The van der Waals surface area contributed by atoms with Crippen LogP contribution in [-0.4, -0.2) is 35.9 Å². The molecule has 0 aromatic rings. The molecule has 0 aliphatic carbocycles. The van der Waals surface area contributed by atoms with Crippen molar-refractivity contribution in [3.05, 3.63) is 0 Å². The van der Waals surface area contributed by atoms with Crippen molar-refractivity contribution in [2.75, 3.05) is 0 Å². The summed E-state index contributed by atoms with van der Waals surface area (Å²) in [7, 11) is 0. The van der Waals surface area contributed by atoms with Crippen molar-refractivity contribution in [3.63, 3.8) is 0 Å². The zero-order chi connectivity index (χ0) is 12.4. The minimum absolute atomic E-state index is 2.58. The van der Waals surface area contributed by atoms with E-state index in [0.717, 1.165) is 0 Å². The third kappa shape index (κ3) is 4.32. The number of carboxylic acids is 1. The van der Waals surface area contributed by atoms with E-state index >= 15 is 0 Å². The van der Waals surface area contributed by atoms with Crippen LogP contribution in [0.2, 0.25) is 0 Å². The Morgan fingerprint density at radius 3 is 1.60 bits per heavy atom. The van der Waals surface area contributed by atoms with Crippen molar-refractivity contribution in [1.82, 2.24) is 0 Å². The van der Waals surface area contributed by atoms with E-state index in [1.54, 1.807) is 0 Å². The van der Waals surface area contributed by atoms with Crippen molar-refractivity contribution in [2.45, 2.75) is 24.8 Å². The van der Waals surface area contributed by atoms with Gasteiger partial charge in [0.2, 0.25) is 0 Å². The van der Waals surface area contributed by atoms with Gasteiger partial charge in [-0.2, -0.15) is 26.3 Å². The molecule has 0 heterocycles. The van der Waals surface area contributed by atoms with Crippen LogP contribution in [0.5, 0.6) is 0 Å². The molecule has 0 saturated carbocycles. The summed E-state index contributed by atoms with van der Waals surface area (Å²) in [6.45, 7) is 0. The maximum absolute atomic E-state index is 12.0. The van der Waals surface area contributed by atoms with Crippen LogP contribution < -0.4 is 0 Å². The lowest BCUT2D eigenvalue weighted by molar-refractivity contribution is -0.338. The van der Waals surface area contributed by atoms with E-state index in [4.69, 9.17) is 5.11 Å². The molecule has 0 aromatic heterocycles. The Hall–Kier alpha value is -1.06. The predicted octanol–water partition coefficient (Wildman–Crippen LogP) is 1.88. The number of hydrogen-bond acceptors (Lipinski definition) is 2. The molecule has 0 fully saturated rings. The van der Waals surface area contributed by atoms with Gasteiger partial charge in [-0.05, 0) is 0 Å². The highest BCUT2D eigenvalue weighted by molar-refractivity contribution is 5.70. The van der Waals surface area contributed by atoms with Crippen LogP contribution in [-0.2, 0) is 9.53 Å². The maximum atomic E-state index is 12.0. The first-order valence-corrected chi connectivity index (χ1v) is 3.12. The Morgan fingerprint density at radius 2 is 1.40 bits per heavy atom. The van der Waals surface area contributed by atoms with E-state index in [9.17, 15) is 35.5 Å². The summed E-state index contributed by atoms with van der Waals surface area (Å²) in [5, 5.41) is 7.73. The first-order valence-electron chi connectivity index (χ1n) is 3.12. The third-order valence-electron chi connectivity index (χ3n) is 1.04. The number of aliphatic carboxylic acids is 1. The molecular weight excluding hydrogens is 241 g/mol. The quantitative estimate of drug-likeness (QED) is 0.771. The molecule has 0 aliphatic rings. The van der Waals surface area contributed by atoms with E-state index < -0.39 is 30.8 Å². The highest BCUT2D eigenvalue weighted by Crippen LogP contribution is 2.36. The van der Waals surface area contributed by atoms with Gasteiger partial charge < -0.3 is 9.84 Å². The molecule has 10 heteroatoms. The lowest BCUT2D eigenvalue weighted by Crippen LogP contribution is -2.46. The molecule has 0 amide bonds. The third-order valence-corrected chi connectivity index (χ3v) is 1.04. The van der Waals surface area contributed by atoms with Gasteiger partial charge in [-0.1, -0.05) is 0 Å². The molecule has 0 bridgehead atoms. The van der Waals surface area contributed by atoms with Gasteiger partial charge in [-0.25, -0.2) is 9.18 Å². The van der Waals surface area contributed by atoms with E-state index in [0.29, 0.717) is 0 Å². The molecule has 1 unspecified atom stereocenters. The summed E-state index contributed by atoms with van der Waals surface area (Å²) in [6, 6.07) is 0. The first-order chi connectivity index (χ1) is 6.46. The molecule has 90 valence electrons. The predicted molar refractivity (Wildman–Crippen MR) is 29.5 cm³/mol. The van der Waals surface area contributed by atoms with E-state index in [1.165, 1.54) is 0 Å². The van der Waals surface area contributed by atoms with E-state index in [-0.39, 0.29) is 0 Å². The minimum atomic E-state index is -5.93. The van der Waals surface area contributed by atoms with Crippen molar-refractivity contribution in [2.24, 2.45) is 0 Å². The van der Waals surface area contributed by atoms with Crippen LogP contribution in [0.25, 0.3) is 0 Å². The summed E-state index contributed by atoms with van der Waals surface area (Å²) in [5.74, 6) is -2.58. The van der Waals surface area contributed by atoms with Crippen molar-refractivity contribution in [3.8, 4) is 0 Å². The number of rotatable bonds is 3. The zero-order valence-electron chi connectivity index (χ0n) is 6.56. The van der Waals surface area contributed by atoms with Gasteiger partial charge in [0.15, 0.2) is 0 Å². The van der Waals surface area contributed by atoms with Crippen LogP contribution in [0, 0.1) is 0 Å². The second kappa shape index (κ2) is 4.21. The van der Waals surface area contributed by atoms with Gasteiger partial charge in [-0.15, -0.1) is 0 Å². The Kier molecular flexibility index (Phi) is 3.91. The Bertz CT molecular complexity index is 218. The molecule has 15 heavy (non-hydrogen) atoms. The highest BCUT2D eigenvalue weighted by Gasteiger charge is 2.59. The number of halogens is 7. The molecule has 0 spiro atoms. The number of carboxylic acid groups (broad SMARTS) is 1. The van der Waals surface area contributed by atoms with Crippen LogP contribution >= 0.6 is 0 Å². The second-order valence-electron chi connectivity index (χ2n) is 2.25. The average Bonchev–Trinajstić information content (AvgIpc) is 1.94. The van der Waals surface area contributed by atoms with E-state index in [1.807, 2.05) is 0 Å². The van der Waals surface area contributed by atoms with Crippen molar-refractivity contribution < 1.29 is 45.4 Å². The summed E-state index contributed by atoms with van der Waals surface area (Å²) >= 11 is 0. The number of hydrogen-bond donors (Lipinski definition) is 1. The summed E-state index contributed by atoms with van der Waals surface area (Å²) in [5.41, 5.74) is 0. The molecule has 0 aromatic carbocycles. The van der Waals surface area contributed by atoms with Crippen LogP contribution in [0.15, 0.2) is 0 Å². The fourth-order valence-electron chi connectivity index (χ4n) is 0.518.